The first kappa shape index (κ1) is 29.8. The van der Waals surface area contributed by atoms with Crippen LogP contribution in [-0.4, -0.2) is 95.1 Å². The van der Waals surface area contributed by atoms with Crippen LogP contribution >= 0.6 is 11.3 Å². The summed E-state index contributed by atoms with van der Waals surface area (Å²) in [5.41, 5.74) is 0.448. The number of esters is 1. The Hall–Kier alpha value is -3.68. The van der Waals surface area contributed by atoms with Gasteiger partial charge in [0.2, 0.25) is 5.91 Å². The van der Waals surface area contributed by atoms with E-state index in [0.29, 0.717) is 40.8 Å². The monoisotopic (exact) mass is 599 g/mol. The number of carboxylic acid groups (broad SMARTS) is 1. The van der Waals surface area contributed by atoms with Crippen LogP contribution in [0, 0.1) is 18.2 Å². The number of aromatic nitrogens is 1. The molecule has 5 rings (SSSR count). The minimum absolute atomic E-state index is 0.0438. The molecule has 0 bridgehead atoms. The number of thiazole rings is 1. The largest absolute Gasteiger partial charge is 0.481 e. The molecule has 1 aromatic heterocycles. The van der Waals surface area contributed by atoms with Crippen LogP contribution < -0.4 is 5.32 Å². The molecule has 2 aromatic rings. The van der Waals surface area contributed by atoms with E-state index in [9.17, 15) is 23.9 Å². The second-order valence-electron chi connectivity index (χ2n) is 11.1. The number of nitrogens with one attached hydrogen (secondary N) is 1. The lowest BCUT2D eigenvalue weighted by atomic mass is 9.92. The van der Waals surface area contributed by atoms with E-state index in [0.717, 1.165) is 0 Å². The number of amides is 1. The minimum Gasteiger partial charge on any atom is -0.481 e. The van der Waals surface area contributed by atoms with Crippen LogP contribution in [0.5, 0.6) is 0 Å². The zero-order valence-electron chi connectivity index (χ0n) is 23.9. The van der Waals surface area contributed by atoms with Gasteiger partial charge in [0.15, 0.2) is 10.8 Å². The first-order valence-electron chi connectivity index (χ1n) is 13.8. The number of fused-ring (bicyclic) bond motifs is 1. The van der Waals surface area contributed by atoms with Gasteiger partial charge < -0.3 is 24.8 Å². The van der Waals surface area contributed by atoms with Crippen molar-refractivity contribution in [2.24, 2.45) is 10.4 Å². The molecule has 1 amide bonds. The summed E-state index contributed by atoms with van der Waals surface area (Å²) in [5, 5.41) is 15.3. The van der Waals surface area contributed by atoms with E-state index >= 15 is 0 Å². The van der Waals surface area contributed by atoms with Crippen LogP contribution in [0.2, 0.25) is 0 Å². The third kappa shape index (κ3) is 5.68. The number of carboxylic acids is 1. The number of hydrogen-bond donors (Lipinski definition) is 2. The van der Waals surface area contributed by atoms with Crippen LogP contribution in [0.15, 0.2) is 46.0 Å². The Morgan fingerprint density at radius 2 is 2.12 bits per heavy atom. The third-order valence-corrected chi connectivity index (χ3v) is 8.59. The molecule has 0 saturated carbocycles. The van der Waals surface area contributed by atoms with Crippen molar-refractivity contribution in [3.63, 3.8) is 0 Å². The smallest absolute Gasteiger partial charge is 0.338 e. The van der Waals surface area contributed by atoms with Crippen molar-refractivity contribution < 1.29 is 33.4 Å². The number of aliphatic imine (C=N–C) groups is 1. The fourth-order valence-corrected chi connectivity index (χ4v) is 6.17. The zero-order valence-corrected chi connectivity index (χ0v) is 24.7. The van der Waals surface area contributed by atoms with E-state index < -0.39 is 41.4 Å². The molecule has 13 heteroatoms. The molecular formula is C29H34FN5O6S. The van der Waals surface area contributed by atoms with E-state index in [2.05, 4.69) is 10.3 Å². The molecule has 2 saturated heterocycles. The van der Waals surface area contributed by atoms with Crippen molar-refractivity contribution in [2.45, 2.75) is 45.9 Å². The molecule has 42 heavy (non-hydrogen) atoms. The van der Waals surface area contributed by atoms with Crippen molar-refractivity contribution in [2.75, 3.05) is 39.4 Å². The standard InChI is InChI=1S/C29H34FN5O6S/c1-5-40-27(37)21-19(13-34-10-11-41-20-14-35(26(36)23(20)34)15-29(3,4)28(38)39)32-24(25-31-9-12-42-25)33-22(21)17-7-6-8-18(30)16(17)2/h6-9,12,20,22-23H,5,10-11,13-15H2,1-4H3,(H,32,33)(H,38,39)/t20-,22-,23-/m0/s1. The van der Waals surface area contributed by atoms with Gasteiger partial charge in [0, 0.05) is 43.5 Å². The molecule has 0 spiro atoms. The van der Waals surface area contributed by atoms with Gasteiger partial charge in [-0.1, -0.05) is 12.1 Å². The molecule has 3 atom stereocenters. The highest BCUT2D eigenvalue weighted by atomic mass is 32.1. The number of halogens is 1. The Labute approximate surface area is 247 Å². The predicted molar refractivity (Wildman–Crippen MR) is 152 cm³/mol. The van der Waals surface area contributed by atoms with Crippen LogP contribution in [0.25, 0.3) is 0 Å². The van der Waals surface area contributed by atoms with Gasteiger partial charge in [0.1, 0.15) is 17.9 Å². The fraction of sp³-hybridized carbons (Fsp3) is 0.483. The van der Waals surface area contributed by atoms with Crippen molar-refractivity contribution in [1.82, 2.24) is 20.1 Å². The summed E-state index contributed by atoms with van der Waals surface area (Å²) in [6.07, 6.45) is 1.19. The average molecular weight is 600 g/mol. The minimum atomic E-state index is -1.13. The van der Waals surface area contributed by atoms with Crippen LogP contribution in [0.1, 0.15) is 42.9 Å². The molecule has 2 fully saturated rings. The quantitative estimate of drug-likeness (QED) is 0.417. The number of nitrogens with zero attached hydrogens (tertiary/aromatic N) is 4. The predicted octanol–water partition coefficient (Wildman–Crippen LogP) is 2.52. The number of carbonyl (C=O) groups excluding carboxylic acids is 2. The van der Waals surface area contributed by atoms with E-state index in [4.69, 9.17) is 14.5 Å². The SMILES string of the molecule is CCOC(=O)C1=C(CN2CCO[C@H]3CN(CC(C)(C)C(=O)O)C(=O)[C@H]32)NC(c2nccs2)=N[C@H]1c1cccc(F)c1C. The van der Waals surface area contributed by atoms with Crippen molar-refractivity contribution in [3.05, 3.63) is 63.0 Å². The molecule has 1 aromatic carbocycles. The first-order valence-corrected chi connectivity index (χ1v) is 14.7. The number of hydrogen-bond acceptors (Lipinski definition) is 10. The number of benzene rings is 1. The fourth-order valence-electron chi connectivity index (χ4n) is 5.58. The van der Waals surface area contributed by atoms with Gasteiger partial charge in [-0.05, 0) is 44.9 Å². The summed E-state index contributed by atoms with van der Waals surface area (Å²) in [6, 6.07) is 3.13. The summed E-state index contributed by atoms with van der Waals surface area (Å²) < 4.78 is 26.2. The van der Waals surface area contributed by atoms with Gasteiger partial charge in [-0.15, -0.1) is 11.3 Å². The molecule has 224 valence electrons. The van der Waals surface area contributed by atoms with Gasteiger partial charge in [-0.3, -0.25) is 19.5 Å². The van der Waals surface area contributed by atoms with E-state index in [1.54, 1.807) is 46.0 Å². The molecule has 2 N–H and O–H groups in total. The van der Waals surface area contributed by atoms with Gasteiger partial charge in [0.25, 0.3) is 0 Å². The number of carbonyl (C=O) groups is 3. The highest BCUT2D eigenvalue weighted by Gasteiger charge is 2.49. The summed E-state index contributed by atoms with van der Waals surface area (Å²) in [7, 11) is 0. The summed E-state index contributed by atoms with van der Waals surface area (Å²) in [6.45, 7) is 7.86. The summed E-state index contributed by atoms with van der Waals surface area (Å²) in [5.74, 6) is -1.81. The number of likely N-dealkylation sites (tertiary alicyclic amines) is 1. The van der Waals surface area contributed by atoms with E-state index in [-0.39, 0.29) is 37.7 Å². The van der Waals surface area contributed by atoms with Crippen molar-refractivity contribution in [3.8, 4) is 0 Å². The summed E-state index contributed by atoms with van der Waals surface area (Å²) >= 11 is 1.37. The van der Waals surface area contributed by atoms with Crippen LogP contribution in [0.3, 0.4) is 0 Å². The maximum atomic E-state index is 14.7. The molecule has 11 nitrogen and oxygen atoms in total. The molecule has 0 aliphatic carbocycles. The third-order valence-electron chi connectivity index (χ3n) is 7.81. The molecule has 3 aliphatic heterocycles. The molecule has 3 aliphatic rings. The molecule has 0 unspecified atom stereocenters. The topological polar surface area (TPSA) is 134 Å². The number of morpholine rings is 1. The second kappa shape index (κ2) is 11.9. The lowest BCUT2D eigenvalue weighted by molar-refractivity contribution is -0.149. The maximum absolute atomic E-state index is 14.7. The highest BCUT2D eigenvalue weighted by Crippen LogP contribution is 2.36. The van der Waals surface area contributed by atoms with Gasteiger partial charge in [0.05, 0.1) is 30.3 Å². The first-order chi connectivity index (χ1) is 20.0. The number of amidine groups is 1. The lowest BCUT2D eigenvalue weighted by Crippen LogP contribution is -2.54. The average Bonchev–Trinajstić information content (AvgIpc) is 3.59. The normalized spacial score (nSPS) is 23.0. The second-order valence-corrected chi connectivity index (χ2v) is 12.0. The van der Waals surface area contributed by atoms with Crippen molar-refractivity contribution in [1.29, 1.82) is 0 Å². The Balaban J connectivity index is 1.54. The van der Waals surface area contributed by atoms with Gasteiger partial charge in [-0.2, -0.15) is 0 Å². The highest BCUT2D eigenvalue weighted by molar-refractivity contribution is 7.11. The summed E-state index contributed by atoms with van der Waals surface area (Å²) in [4.78, 5) is 51.6. The lowest BCUT2D eigenvalue weighted by Gasteiger charge is -2.37. The van der Waals surface area contributed by atoms with Gasteiger partial charge in [-0.25, -0.2) is 14.2 Å². The van der Waals surface area contributed by atoms with E-state index in [1.165, 1.54) is 22.3 Å². The van der Waals surface area contributed by atoms with Gasteiger partial charge >= 0.3 is 11.9 Å². The number of ether oxygens (including phenoxy) is 2. The maximum Gasteiger partial charge on any atom is 0.338 e. The Morgan fingerprint density at radius 1 is 1.33 bits per heavy atom. The van der Waals surface area contributed by atoms with E-state index in [1.807, 2.05) is 10.3 Å². The Morgan fingerprint density at radius 3 is 2.81 bits per heavy atom. The van der Waals surface area contributed by atoms with Crippen LogP contribution in [-0.2, 0) is 23.9 Å². The zero-order chi connectivity index (χ0) is 30.2. The Bertz CT molecular complexity index is 1440. The molecular weight excluding hydrogens is 565 g/mol. The van der Waals surface area contributed by atoms with Crippen LogP contribution in [0.4, 0.5) is 4.39 Å². The number of rotatable bonds is 9. The molecule has 0 radical (unpaired) electrons. The molecule has 4 heterocycles. The Kier molecular flexibility index (Phi) is 8.44. The number of aliphatic carboxylic acids is 1. The van der Waals surface area contributed by atoms with Crippen molar-refractivity contribution >= 4 is 35.0 Å².